The zero-order valence-corrected chi connectivity index (χ0v) is 14.7. The molecule has 0 fully saturated rings. The summed E-state index contributed by atoms with van der Waals surface area (Å²) in [6.07, 6.45) is 0. The van der Waals surface area contributed by atoms with Crippen molar-refractivity contribution < 1.29 is 47.6 Å². The number of hydrogen-bond acceptors (Lipinski definition) is 8. The van der Waals surface area contributed by atoms with Crippen LogP contribution in [0.5, 0.6) is 5.75 Å². The van der Waals surface area contributed by atoms with Crippen LogP contribution in [-0.2, 0) is 10.1 Å². The van der Waals surface area contributed by atoms with Gasteiger partial charge in [0, 0.05) is 5.69 Å². The van der Waals surface area contributed by atoms with Crippen molar-refractivity contribution in [1.29, 1.82) is 0 Å². The number of nitrogens with two attached hydrogens (primary N) is 1. The van der Waals surface area contributed by atoms with Gasteiger partial charge in [0.2, 0.25) is 10.6 Å². The first-order valence-electron chi connectivity index (χ1n) is 4.85. The van der Waals surface area contributed by atoms with Crippen molar-refractivity contribution >= 4 is 39.0 Å². The molecule has 0 saturated carbocycles. The van der Waals surface area contributed by atoms with Crippen molar-refractivity contribution in [2.24, 2.45) is 0 Å². The number of halogens is 2. The van der Waals surface area contributed by atoms with Gasteiger partial charge in [0.15, 0.2) is 5.82 Å². The van der Waals surface area contributed by atoms with E-state index in [2.05, 4.69) is 15.0 Å². The van der Waals surface area contributed by atoms with E-state index in [0.717, 1.165) is 12.1 Å². The van der Waals surface area contributed by atoms with E-state index in [1.165, 1.54) is 0 Å². The summed E-state index contributed by atoms with van der Waals surface area (Å²) < 4.78 is 33.1. The van der Waals surface area contributed by atoms with Crippen LogP contribution in [0.15, 0.2) is 17.0 Å². The molecule has 0 unspecified atom stereocenters. The number of phenolic OH excluding ortho intramolecular Hbond substituents is 1. The molecular weight excluding hydrogens is 354 g/mol. The van der Waals surface area contributed by atoms with Gasteiger partial charge in [0.25, 0.3) is 0 Å². The standard InChI is InChI=1S/C9H6Cl2N4O4S.Na/c10-8-13-7(14-9(11)15-8)5-3(12)1-2-4(6(5)16)20(17,18)19;/h1-2,16H,12H2,(H,17,18,19);/q;+1/p-1. The molecule has 21 heavy (non-hydrogen) atoms. The molecule has 2 aromatic rings. The van der Waals surface area contributed by atoms with E-state index in [1.54, 1.807) is 0 Å². The summed E-state index contributed by atoms with van der Waals surface area (Å²) in [5.41, 5.74) is 5.29. The molecular formula is C9H5Cl2N4NaO4S. The molecule has 0 amide bonds. The number of anilines is 1. The third-order valence-corrected chi connectivity index (χ3v) is 3.45. The van der Waals surface area contributed by atoms with Gasteiger partial charge in [-0.05, 0) is 35.3 Å². The van der Waals surface area contributed by atoms with Crippen LogP contribution in [0.1, 0.15) is 0 Å². The van der Waals surface area contributed by atoms with Gasteiger partial charge in [-0.15, -0.1) is 0 Å². The summed E-state index contributed by atoms with van der Waals surface area (Å²) in [5, 5.41) is 9.33. The van der Waals surface area contributed by atoms with E-state index in [1.807, 2.05) is 0 Å². The number of nitrogen functional groups attached to an aromatic ring is 1. The van der Waals surface area contributed by atoms with Crippen molar-refractivity contribution in [2.75, 3.05) is 5.73 Å². The molecule has 0 saturated heterocycles. The molecule has 3 N–H and O–H groups in total. The maximum Gasteiger partial charge on any atom is 1.00 e. The van der Waals surface area contributed by atoms with Crippen LogP contribution in [0.4, 0.5) is 5.69 Å². The molecule has 2 rings (SSSR count). The number of aromatic nitrogens is 3. The number of rotatable bonds is 2. The average molecular weight is 359 g/mol. The van der Waals surface area contributed by atoms with Crippen LogP contribution in [0, 0.1) is 0 Å². The second kappa shape index (κ2) is 6.61. The second-order valence-electron chi connectivity index (χ2n) is 3.53. The molecule has 0 spiro atoms. The molecule has 0 atom stereocenters. The summed E-state index contributed by atoms with van der Waals surface area (Å²) in [6, 6.07) is 1.99. The summed E-state index contributed by atoms with van der Waals surface area (Å²) in [7, 11) is -4.89. The Morgan fingerprint density at radius 2 is 1.67 bits per heavy atom. The van der Waals surface area contributed by atoms with Crippen molar-refractivity contribution in [3.8, 4) is 17.1 Å². The van der Waals surface area contributed by atoms with Crippen LogP contribution >= 0.6 is 23.2 Å². The molecule has 0 radical (unpaired) electrons. The maximum absolute atomic E-state index is 11.0. The molecule has 0 bridgehead atoms. The van der Waals surface area contributed by atoms with E-state index < -0.39 is 20.8 Å². The van der Waals surface area contributed by atoms with Gasteiger partial charge in [-0.2, -0.15) is 15.0 Å². The Balaban J connectivity index is 0.00000220. The smallest absolute Gasteiger partial charge is 0.744 e. The number of benzene rings is 1. The van der Waals surface area contributed by atoms with Gasteiger partial charge >= 0.3 is 29.6 Å². The third-order valence-electron chi connectivity index (χ3n) is 2.25. The van der Waals surface area contributed by atoms with E-state index in [-0.39, 0.29) is 57.2 Å². The quantitative estimate of drug-likeness (QED) is 0.358. The van der Waals surface area contributed by atoms with E-state index in [4.69, 9.17) is 28.9 Å². The Morgan fingerprint density at radius 1 is 1.14 bits per heavy atom. The monoisotopic (exact) mass is 358 g/mol. The van der Waals surface area contributed by atoms with Gasteiger partial charge < -0.3 is 15.4 Å². The maximum atomic E-state index is 11.0. The van der Waals surface area contributed by atoms with E-state index in [9.17, 15) is 18.1 Å². The summed E-state index contributed by atoms with van der Waals surface area (Å²) in [6.45, 7) is 0. The van der Waals surface area contributed by atoms with Crippen LogP contribution in [-0.4, -0.2) is 33.0 Å². The van der Waals surface area contributed by atoms with Gasteiger partial charge in [-0.1, -0.05) is 0 Å². The topological polar surface area (TPSA) is 142 Å². The first-order valence-corrected chi connectivity index (χ1v) is 7.01. The fraction of sp³-hybridized carbons (Fsp3) is 0. The van der Waals surface area contributed by atoms with Gasteiger partial charge in [0.05, 0.1) is 10.5 Å². The Hall–Kier alpha value is -0.680. The van der Waals surface area contributed by atoms with Crippen LogP contribution < -0.4 is 35.3 Å². The van der Waals surface area contributed by atoms with Crippen LogP contribution in [0.2, 0.25) is 10.6 Å². The molecule has 106 valence electrons. The van der Waals surface area contributed by atoms with Gasteiger partial charge in [0.1, 0.15) is 15.9 Å². The largest absolute Gasteiger partial charge is 1.00 e. The zero-order chi connectivity index (χ0) is 15.1. The molecule has 1 aromatic carbocycles. The Labute approximate surface area is 151 Å². The number of hydrogen-bond donors (Lipinski definition) is 2. The Morgan fingerprint density at radius 3 is 2.14 bits per heavy atom. The Bertz CT molecular complexity index is 782. The SMILES string of the molecule is Nc1ccc(S(=O)(=O)[O-])c(O)c1-c1nc(Cl)nc(Cl)n1.[Na+]. The summed E-state index contributed by atoms with van der Waals surface area (Å²) in [4.78, 5) is 9.99. The minimum absolute atomic E-state index is 0. The van der Waals surface area contributed by atoms with Crippen molar-refractivity contribution in [3.63, 3.8) is 0 Å². The molecule has 1 aromatic heterocycles. The predicted octanol–water partition coefficient (Wildman–Crippen LogP) is -1.96. The molecule has 0 aliphatic rings. The van der Waals surface area contributed by atoms with Crippen molar-refractivity contribution in [1.82, 2.24) is 15.0 Å². The zero-order valence-electron chi connectivity index (χ0n) is 10.4. The molecule has 0 aliphatic carbocycles. The predicted molar refractivity (Wildman–Crippen MR) is 69.3 cm³/mol. The molecule has 8 nitrogen and oxygen atoms in total. The van der Waals surface area contributed by atoms with Gasteiger partial charge in [-0.25, -0.2) is 8.42 Å². The van der Waals surface area contributed by atoms with E-state index >= 15 is 0 Å². The third kappa shape index (κ3) is 3.95. The Kier molecular flexibility index (Phi) is 5.78. The summed E-state index contributed by atoms with van der Waals surface area (Å²) >= 11 is 11.2. The fourth-order valence-corrected chi connectivity index (χ4v) is 2.40. The van der Waals surface area contributed by atoms with Crippen molar-refractivity contribution in [2.45, 2.75) is 4.90 Å². The molecule has 0 aliphatic heterocycles. The first kappa shape index (κ1) is 18.4. The first-order chi connectivity index (χ1) is 9.20. The number of aromatic hydroxyl groups is 1. The second-order valence-corrected chi connectivity index (χ2v) is 5.55. The minimum Gasteiger partial charge on any atom is -0.744 e. The van der Waals surface area contributed by atoms with Crippen LogP contribution in [0.3, 0.4) is 0 Å². The van der Waals surface area contributed by atoms with E-state index in [0.29, 0.717) is 0 Å². The van der Waals surface area contributed by atoms with Crippen LogP contribution in [0.25, 0.3) is 11.4 Å². The fourth-order valence-electron chi connectivity index (χ4n) is 1.46. The minimum atomic E-state index is -4.89. The molecule has 12 heteroatoms. The normalized spacial score (nSPS) is 11.0. The molecule has 1 heterocycles. The number of phenols is 1. The number of nitrogens with zero attached hydrogens (tertiary/aromatic N) is 3. The van der Waals surface area contributed by atoms with Gasteiger partial charge in [-0.3, -0.25) is 0 Å². The van der Waals surface area contributed by atoms with Crippen molar-refractivity contribution in [3.05, 3.63) is 22.7 Å². The average Bonchev–Trinajstić information content (AvgIpc) is 2.25. The summed E-state index contributed by atoms with van der Waals surface area (Å²) in [5.74, 6) is -1.13.